The Morgan fingerprint density at radius 3 is 2.93 bits per heavy atom. The van der Waals surface area contributed by atoms with Crippen LogP contribution in [0.25, 0.3) is 0 Å². The van der Waals surface area contributed by atoms with Gasteiger partial charge in [-0.25, -0.2) is 0 Å². The summed E-state index contributed by atoms with van der Waals surface area (Å²) in [6.45, 7) is 7.24. The van der Waals surface area contributed by atoms with E-state index in [-0.39, 0.29) is 5.91 Å². The maximum absolute atomic E-state index is 11.6. The predicted molar refractivity (Wildman–Crippen MR) is 62.7 cm³/mol. The second-order valence-electron chi connectivity index (χ2n) is 4.95. The third-order valence-electron chi connectivity index (χ3n) is 2.88. The molecule has 0 aromatic rings. The highest BCUT2D eigenvalue weighted by Gasteiger charge is 2.15. The van der Waals surface area contributed by atoms with Gasteiger partial charge in [0.25, 0.3) is 0 Å². The highest BCUT2D eigenvalue weighted by molar-refractivity contribution is 5.76. The van der Waals surface area contributed by atoms with Crippen LogP contribution < -0.4 is 10.6 Å². The molecular formula is C12H24N2O. The van der Waals surface area contributed by atoms with Gasteiger partial charge < -0.3 is 10.6 Å². The molecule has 0 radical (unpaired) electrons. The first kappa shape index (κ1) is 12.5. The van der Waals surface area contributed by atoms with Gasteiger partial charge in [0.2, 0.25) is 5.91 Å². The van der Waals surface area contributed by atoms with Crippen LogP contribution in [-0.4, -0.2) is 25.5 Å². The molecule has 1 atom stereocenters. The molecule has 0 spiro atoms. The number of hydrogen-bond donors (Lipinski definition) is 2. The van der Waals surface area contributed by atoms with Crippen LogP contribution in [0.2, 0.25) is 0 Å². The van der Waals surface area contributed by atoms with E-state index >= 15 is 0 Å². The van der Waals surface area contributed by atoms with Crippen LogP contribution in [0, 0.1) is 11.8 Å². The molecule has 0 bridgehead atoms. The van der Waals surface area contributed by atoms with E-state index in [1.165, 1.54) is 12.8 Å². The minimum atomic E-state index is 0.232. The van der Waals surface area contributed by atoms with E-state index in [0.717, 1.165) is 26.1 Å². The summed E-state index contributed by atoms with van der Waals surface area (Å²) < 4.78 is 0. The molecule has 0 aliphatic carbocycles. The summed E-state index contributed by atoms with van der Waals surface area (Å²) in [6, 6.07) is 0. The Labute approximate surface area is 93.0 Å². The molecule has 0 aromatic heterocycles. The van der Waals surface area contributed by atoms with Gasteiger partial charge in [0.1, 0.15) is 0 Å². The molecule has 3 heteroatoms. The predicted octanol–water partition coefficient (Wildman–Crippen LogP) is 1.54. The van der Waals surface area contributed by atoms with Crippen molar-refractivity contribution in [3.05, 3.63) is 0 Å². The standard InChI is InChI=1S/C12H24N2O/c1-10(2)9-14-12(15)8-11-4-3-6-13-7-5-11/h10-11,13H,3-9H2,1-2H3,(H,14,15). The van der Waals surface area contributed by atoms with Crippen LogP contribution >= 0.6 is 0 Å². The lowest BCUT2D eigenvalue weighted by atomic mass is 9.96. The maximum atomic E-state index is 11.6. The summed E-state index contributed by atoms with van der Waals surface area (Å²) >= 11 is 0. The Kier molecular flexibility index (Phi) is 5.69. The monoisotopic (exact) mass is 212 g/mol. The smallest absolute Gasteiger partial charge is 0.220 e. The van der Waals surface area contributed by atoms with Gasteiger partial charge in [0.15, 0.2) is 0 Å². The first-order valence-corrected chi connectivity index (χ1v) is 6.16. The maximum Gasteiger partial charge on any atom is 0.220 e. The Morgan fingerprint density at radius 1 is 1.40 bits per heavy atom. The molecule has 2 N–H and O–H groups in total. The van der Waals surface area contributed by atoms with E-state index in [9.17, 15) is 4.79 Å². The molecule has 3 nitrogen and oxygen atoms in total. The summed E-state index contributed by atoms with van der Waals surface area (Å²) in [6.07, 6.45) is 4.27. The summed E-state index contributed by atoms with van der Waals surface area (Å²) in [4.78, 5) is 11.6. The number of hydrogen-bond acceptors (Lipinski definition) is 2. The van der Waals surface area contributed by atoms with Crippen molar-refractivity contribution in [2.45, 2.75) is 39.5 Å². The zero-order chi connectivity index (χ0) is 11.1. The van der Waals surface area contributed by atoms with E-state index < -0.39 is 0 Å². The lowest BCUT2D eigenvalue weighted by Crippen LogP contribution is -2.29. The van der Waals surface area contributed by atoms with Crippen molar-refractivity contribution in [3.8, 4) is 0 Å². The lowest BCUT2D eigenvalue weighted by molar-refractivity contribution is -0.122. The van der Waals surface area contributed by atoms with Gasteiger partial charge >= 0.3 is 0 Å². The van der Waals surface area contributed by atoms with Gasteiger partial charge in [0, 0.05) is 13.0 Å². The van der Waals surface area contributed by atoms with E-state index in [1.807, 2.05) is 0 Å². The number of nitrogens with one attached hydrogen (secondary N) is 2. The highest BCUT2D eigenvalue weighted by atomic mass is 16.1. The molecule has 0 saturated carbocycles. The van der Waals surface area contributed by atoms with Gasteiger partial charge in [0.05, 0.1) is 0 Å². The van der Waals surface area contributed by atoms with Gasteiger partial charge in [-0.15, -0.1) is 0 Å². The van der Waals surface area contributed by atoms with E-state index in [1.54, 1.807) is 0 Å². The summed E-state index contributed by atoms with van der Waals surface area (Å²) in [5.74, 6) is 1.37. The molecule has 1 aliphatic heterocycles. The van der Waals surface area contributed by atoms with Crippen molar-refractivity contribution in [3.63, 3.8) is 0 Å². The normalized spacial score (nSPS) is 22.5. The van der Waals surface area contributed by atoms with E-state index in [4.69, 9.17) is 0 Å². The Hall–Kier alpha value is -0.570. The van der Waals surface area contributed by atoms with Gasteiger partial charge in [-0.3, -0.25) is 4.79 Å². The van der Waals surface area contributed by atoms with Crippen molar-refractivity contribution < 1.29 is 4.79 Å². The molecule has 1 fully saturated rings. The van der Waals surface area contributed by atoms with E-state index in [2.05, 4.69) is 24.5 Å². The SMILES string of the molecule is CC(C)CNC(=O)CC1CCCNCC1. The Balaban J connectivity index is 2.17. The topological polar surface area (TPSA) is 41.1 Å². The van der Waals surface area contributed by atoms with Crippen molar-refractivity contribution >= 4 is 5.91 Å². The molecule has 1 saturated heterocycles. The average molecular weight is 212 g/mol. The van der Waals surface area contributed by atoms with Gasteiger partial charge in [-0.2, -0.15) is 0 Å². The zero-order valence-corrected chi connectivity index (χ0v) is 10.0. The van der Waals surface area contributed by atoms with Crippen LogP contribution in [0.15, 0.2) is 0 Å². The van der Waals surface area contributed by atoms with Crippen molar-refractivity contribution in [1.82, 2.24) is 10.6 Å². The molecule has 1 unspecified atom stereocenters. The highest BCUT2D eigenvalue weighted by Crippen LogP contribution is 2.17. The Bertz CT molecular complexity index is 184. The molecular weight excluding hydrogens is 188 g/mol. The fraction of sp³-hybridized carbons (Fsp3) is 0.917. The van der Waals surface area contributed by atoms with Crippen LogP contribution in [0.5, 0.6) is 0 Å². The average Bonchev–Trinajstić information content (AvgIpc) is 2.43. The zero-order valence-electron chi connectivity index (χ0n) is 10.0. The lowest BCUT2D eigenvalue weighted by Gasteiger charge is -2.14. The first-order valence-electron chi connectivity index (χ1n) is 6.16. The molecule has 0 aromatic carbocycles. The Morgan fingerprint density at radius 2 is 2.20 bits per heavy atom. The summed E-state index contributed by atoms with van der Waals surface area (Å²) in [5.41, 5.74) is 0. The van der Waals surface area contributed by atoms with Crippen LogP contribution in [0.1, 0.15) is 39.5 Å². The molecule has 1 rings (SSSR count). The fourth-order valence-electron chi connectivity index (χ4n) is 1.95. The van der Waals surface area contributed by atoms with Crippen LogP contribution in [0.3, 0.4) is 0 Å². The molecule has 15 heavy (non-hydrogen) atoms. The number of amides is 1. The fourth-order valence-corrected chi connectivity index (χ4v) is 1.95. The molecule has 1 amide bonds. The van der Waals surface area contributed by atoms with Gasteiger partial charge in [-0.05, 0) is 44.2 Å². The van der Waals surface area contributed by atoms with Gasteiger partial charge in [-0.1, -0.05) is 13.8 Å². The quantitative estimate of drug-likeness (QED) is 0.742. The van der Waals surface area contributed by atoms with Crippen molar-refractivity contribution in [2.75, 3.05) is 19.6 Å². The molecule has 1 aliphatic rings. The second-order valence-corrected chi connectivity index (χ2v) is 4.95. The first-order chi connectivity index (χ1) is 7.18. The van der Waals surface area contributed by atoms with Crippen LogP contribution in [0.4, 0.5) is 0 Å². The van der Waals surface area contributed by atoms with E-state index in [0.29, 0.717) is 18.3 Å². The van der Waals surface area contributed by atoms with Crippen LogP contribution in [-0.2, 0) is 4.79 Å². The number of carbonyl (C=O) groups is 1. The second kappa shape index (κ2) is 6.83. The third kappa shape index (κ3) is 5.78. The van der Waals surface area contributed by atoms with Crippen molar-refractivity contribution in [2.24, 2.45) is 11.8 Å². The molecule has 88 valence electrons. The minimum Gasteiger partial charge on any atom is -0.356 e. The minimum absolute atomic E-state index is 0.232. The number of carbonyl (C=O) groups excluding carboxylic acids is 1. The molecule has 1 heterocycles. The largest absolute Gasteiger partial charge is 0.356 e. The van der Waals surface area contributed by atoms with Crippen molar-refractivity contribution in [1.29, 1.82) is 0 Å². The summed E-state index contributed by atoms with van der Waals surface area (Å²) in [5, 5.41) is 6.36. The number of rotatable bonds is 4. The summed E-state index contributed by atoms with van der Waals surface area (Å²) in [7, 11) is 0. The third-order valence-corrected chi connectivity index (χ3v) is 2.88.